The van der Waals surface area contributed by atoms with Crippen molar-refractivity contribution in [2.75, 3.05) is 53.7 Å². The number of amides is 2. The van der Waals surface area contributed by atoms with Crippen LogP contribution in [-0.2, 0) is 4.79 Å². The molecule has 3 aliphatic heterocycles. The first-order valence-electron chi connectivity index (χ1n) is 13.3. The second kappa shape index (κ2) is 10.7. The lowest BCUT2D eigenvalue weighted by Gasteiger charge is -2.35. The molecule has 4 heterocycles. The third-order valence-electron chi connectivity index (χ3n) is 7.18. The van der Waals surface area contributed by atoms with Crippen LogP contribution in [0.3, 0.4) is 0 Å². The molecule has 3 aliphatic rings. The highest BCUT2D eigenvalue weighted by molar-refractivity contribution is 6.21. The van der Waals surface area contributed by atoms with Gasteiger partial charge < -0.3 is 20.3 Å². The lowest BCUT2D eigenvalue weighted by molar-refractivity contribution is -0.111. The maximum Gasteiger partial charge on any atom is 0.266 e. The summed E-state index contributed by atoms with van der Waals surface area (Å²) < 4.78 is 5.70. The number of hydrogen-bond acceptors (Lipinski definition) is 9. The Kier molecular flexibility index (Phi) is 6.77. The molecule has 0 aliphatic carbocycles. The Balaban J connectivity index is 1.36. The van der Waals surface area contributed by atoms with Gasteiger partial charge in [-0.05, 0) is 55.7 Å². The van der Waals surface area contributed by atoms with Crippen LogP contribution >= 0.6 is 0 Å². The summed E-state index contributed by atoms with van der Waals surface area (Å²) in [5.41, 5.74) is 3.46. The molecule has 0 radical (unpaired) electrons. The van der Waals surface area contributed by atoms with Gasteiger partial charge in [-0.15, -0.1) is 0 Å². The summed E-state index contributed by atoms with van der Waals surface area (Å²) in [6.07, 6.45) is 6.38. The molecule has 1 aromatic heterocycles. The largest absolute Gasteiger partial charge is 0.494 e. The van der Waals surface area contributed by atoms with Gasteiger partial charge in [0.05, 0.1) is 25.0 Å². The van der Waals surface area contributed by atoms with E-state index in [2.05, 4.69) is 38.2 Å². The van der Waals surface area contributed by atoms with Crippen molar-refractivity contribution in [2.24, 2.45) is 4.99 Å². The van der Waals surface area contributed by atoms with Crippen molar-refractivity contribution >= 4 is 52.3 Å². The Morgan fingerprint density at radius 3 is 2.73 bits per heavy atom. The first kappa shape index (κ1) is 25.4. The molecule has 11 nitrogen and oxygen atoms in total. The minimum atomic E-state index is -0.319. The number of carbonyl (C=O) groups is 2. The maximum absolute atomic E-state index is 13.3. The number of anilines is 6. The third-order valence-corrected chi connectivity index (χ3v) is 7.18. The molecule has 0 atom stereocenters. The van der Waals surface area contributed by atoms with Crippen LogP contribution in [0.25, 0.3) is 0 Å². The molecule has 0 saturated carbocycles. The van der Waals surface area contributed by atoms with Gasteiger partial charge in [-0.25, -0.2) is 4.98 Å². The van der Waals surface area contributed by atoms with Crippen molar-refractivity contribution in [3.63, 3.8) is 0 Å². The zero-order valence-corrected chi connectivity index (χ0v) is 22.3. The summed E-state index contributed by atoms with van der Waals surface area (Å²) in [7, 11) is 1.64. The van der Waals surface area contributed by atoms with E-state index < -0.39 is 0 Å². The van der Waals surface area contributed by atoms with Crippen molar-refractivity contribution in [3.05, 3.63) is 66.9 Å². The minimum Gasteiger partial charge on any atom is -0.494 e. The molecule has 1 saturated heterocycles. The number of fused-ring (bicyclic) bond motifs is 2. The molecule has 2 amide bonds. The Bertz CT molecular complexity index is 1510. The monoisotopic (exact) mass is 538 g/mol. The molecule has 1 fully saturated rings. The van der Waals surface area contributed by atoms with E-state index in [9.17, 15) is 9.59 Å². The van der Waals surface area contributed by atoms with Gasteiger partial charge in [-0.3, -0.25) is 24.4 Å². The van der Waals surface area contributed by atoms with E-state index in [1.807, 2.05) is 29.2 Å². The number of nitrogens with one attached hydrogen (secondary N) is 2. The Morgan fingerprint density at radius 1 is 1.07 bits per heavy atom. The number of nitrogens with zero attached hydrogens (tertiary/aromatic N) is 6. The van der Waals surface area contributed by atoms with Crippen LogP contribution in [0.1, 0.15) is 29.6 Å². The molecule has 0 bridgehead atoms. The topological polar surface area (TPSA) is 115 Å². The van der Waals surface area contributed by atoms with Gasteiger partial charge in [0.1, 0.15) is 11.3 Å². The summed E-state index contributed by atoms with van der Waals surface area (Å²) in [4.78, 5) is 44.9. The number of hydrogen-bond donors (Lipinski definition) is 2. The molecule has 6 rings (SSSR count). The number of benzene rings is 2. The van der Waals surface area contributed by atoms with E-state index in [0.29, 0.717) is 59.2 Å². The average Bonchev–Trinajstić information content (AvgIpc) is 3.48. The molecule has 204 valence electrons. The van der Waals surface area contributed by atoms with E-state index >= 15 is 0 Å². The van der Waals surface area contributed by atoms with Gasteiger partial charge >= 0.3 is 0 Å². The van der Waals surface area contributed by atoms with Crippen LogP contribution in [0, 0.1) is 0 Å². The second-order valence-corrected chi connectivity index (χ2v) is 9.71. The first-order valence-corrected chi connectivity index (χ1v) is 13.3. The lowest BCUT2D eigenvalue weighted by atomic mass is 10.1. The number of rotatable bonds is 7. The van der Waals surface area contributed by atoms with E-state index in [4.69, 9.17) is 9.72 Å². The molecule has 2 N–H and O–H groups in total. The molecular formula is C29H30N8O3. The number of methoxy groups -OCH3 is 1. The first-order chi connectivity index (χ1) is 19.6. The van der Waals surface area contributed by atoms with Crippen molar-refractivity contribution in [1.29, 1.82) is 0 Å². The predicted molar refractivity (Wildman–Crippen MR) is 155 cm³/mol. The van der Waals surface area contributed by atoms with Crippen LogP contribution < -0.4 is 25.2 Å². The SMILES string of the molecule is C=CC(=O)Nc1cccc(N2C3=NCCN3C(=O)c3cnc(Nc4ccc(N5CCCCC5)cc4OC)nc32)c1. The summed E-state index contributed by atoms with van der Waals surface area (Å²) in [6.45, 7) is 6.54. The standard InChI is InChI=1S/C29H30N8O3/c1-3-25(38)32-19-8-7-9-21(16-19)37-26-22(27(39)36-15-12-30-29(36)37)18-31-28(34-26)33-23-11-10-20(17-24(23)40-2)35-13-5-4-6-14-35/h3,7-11,16-18H,1,4-6,12-15H2,2H3,(H,32,38)(H,31,33,34). The summed E-state index contributed by atoms with van der Waals surface area (Å²) >= 11 is 0. The fraction of sp³-hybridized carbons (Fsp3) is 0.276. The van der Waals surface area contributed by atoms with Crippen molar-refractivity contribution in [2.45, 2.75) is 19.3 Å². The van der Waals surface area contributed by atoms with Gasteiger partial charge in [0.25, 0.3) is 5.91 Å². The van der Waals surface area contributed by atoms with Crippen LogP contribution in [-0.4, -0.2) is 65.9 Å². The molecule has 11 heteroatoms. The third kappa shape index (κ3) is 4.70. The average molecular weight is 539 g/mol. The molecular weight excluding hydrogens is 508 g/mol. The van der Waals surface area contributed by atoms with Gasteiger partial charge in [0.2, 0.25) is 17.8 Å². The van der Waals surface area contributed by atoms with E-state index in [-0.39, 0.29) is 11.8 Å². The quantitative estimate of drug-likeness (QED) is 0.428. The molecule has 0 spiro atoms. The summed E-state index contributed by atoms with van der Waals surface area (Å²) in [5.74, 6) is 1.35. The molecule has 0 unspecified atom stereocenters. The van der Waals surface area contributed by atoms with Crippen LogP contribution in [0.15, 0.2) is 66.3 Å². The summed E-state index contributed by atoms with van der Waals surface area (Å²) in [5, 5.41) is 6.05. The number of aromatic nitrogens is 2. The normalized spacial score (nSPS) is 16.2. The number of aliphatic imine (C=N–C) groups is 1. The number of ether oxygens (including phenoxy) is 1. The molecule has 40 heavy (non-hydrogen) atoms. The van der Waals surface area contributed by atoms with Gasteiger partial charge in [0, 0.05) is 43.3 Å². The van der Waals surface area contributed by atoms with Crippen LogP contribution in [0.4, 0.5) is 34.5 Å². The fourth-order valence-corrected chi connectivity index (χ4v) is 5.22. The van der Waals surface area contributed by atoms with Crippen molar-refractivity contribution in [3.8, 4) is 5.75 Å². The zero-order chi connectivity index (χ0) is 27.6. The summed E-state index contributed by atoms with van der Waals surface area (Å²) in [6, 6.07) is 13.3. The van der Waals surface area contributed by atoms with E-state index in [1.165, 1.54) is 31.5 Å². The van der Waals surface area contributed by atoms with Gasteiger partial charge in [-0.1, -0.05) is 12.6 Å². The zero-order valence-electron chi connectivity index (χ0n) is 22.3. The predicted octanol–water partition coefficient (Wildman–Crippen LogP) is 4.31. The minimum absolute atomic E-state index is 0.200. The number of piperidine rings is 1. The Labute approximate surface area is 232 Å². The van der Waals surface area contributed by atoms with Crippen LogP contribution in [0.5, 0.6) is 5.75 Å². The lowest BCUT2D eigenvalue weighted by Crippen LogP contribution is -2.48. The van der Waals surface area contributed by atoms with Gasteiger partial charge in [0.15, 0.2) is 5.82 Å². The van der Waals surface area contributed by atoms with E-state index in [0.717, 1.165) is 18.8 Å². The number of guanidine groups is 1. The second-order valence-electron chi connectivity index (χ2n) is 9.71. The molecule has 3 aromatic rings. The van der Waals surface area contributed by atoms with Crippen molar-refractivity contribution in [1.82, 2.24) is 14.9 Å². The van der Waals surface area contributed by atoms with Crippen molar-refractivity contribution < 1.29 is 14.3 Å². The molecule has 2 aromatic carbocycles. The maximum atomic E-state index is 13.3. The fourth-order valence-electron chi connectivity index (χ4n) is 5.22. The van der Waals surface area contributed by atoms with E-state index in [1.54, 1.807) is 24.1 Å². The number of carbonyl (C=O) groups excluding carboxylic acids is 2. The highest BCUT2D eigenvalue weighted by Crippen LogP contribution is 2.37. The van der Waals surface area contributed by atoms with Gasteiger partial charge in [-0.2, -0.15) is 4.98 Å². The highest BCUT2D eigenvalue weighted by Gasteiger charge is 2.40. The Morgan fingerprint density at radius 2 is 1.93 bits per heavy atom. The Hall–Kier alpha value is -4.93. The smallest absolute Gasteiger partial charge is 0.266 e. The van der Waals surface area contributed by atoms with Crippen LogP contribution in [0.2, 0.25) is 0 Å². The highest BCUT2D eigenvalue weighted by atomic mass is 16.5.